The van der Waals surface area contributed by atoms with Crippen molar-refractivity contribution in [3.8, 4) is 0 Å². The quantitative estimate of drug-likeness (QED) is 0.781. The fourth-order valence-electron chi connectivity index (χ4n) is 2.04. The third-order valence-corrected chi connectivity index (χ3v) is 2.83. The number of hydrogen-bond acceptors (Lipinski definition) is 5. The largest absolute Gasteiger partial charge is 0.464 e. The van der Waals surface area contributed by atoms with Crippen LogP contribution in [0.5, 0.6) is 0 Å². The van der Waals surface area contributed by atoms with Gasteiger partial charge in [0.15, 0.2) is 0 Å². The molecule has 1 saturated heterocycles. The Morgan fingerprint density at radius 1 is 1.37 bits per heavy atom. The molecular formula is C13H23NO5. The average molecular weight is 273 g/mol. The van der Waals surface area contributed by atoms with Crippen LogP contribution in [-0.4, -0.2) is 53.5 Å². The van der Waals surface area contributed by atoms with E-state index in [-0.39, 0.29) is 19.1 Å². The topological polar surface area (TPSA) is 76.1 Å². The summed E-state index contributed by atoms with van der Waals surface area (Å²) in [4.78, 5) is 25.2. The molecule has 1 rings (SSSR count). The van der Waals surface area contributed by atoms with Crippen molar-refractivity contribution >= 4 is 12.1 Å². The molecule has 0 radical (unpaired) electrons. The fourth-order valence-corrected chi connectivity index (χ4v) is 2.04. The number of esters is 1. The van der Waals surface area contributed by atoms with Crippen LogP contribution in [0.15, 0.2) is 0 Å². The molecule has 1 amide bonds. The monoisotopic (exact) mass is 273 g/mol. The molecule has 2 atom stereocenters. The van der Waals surface area contributed by atoms with Crippen LogP contribution in [0.3, 0.4) is 0 Å². The molecule has 0 spiro atoms. The molecule has 110 valence electrons. The van der Waals surface area contributed by atoms with Crippen LogP contribution in [0, 0.1) is 5.92 Å². The highest BCUT2D eigenvalue weighted by Crippen LogP contribution is 2.26. The highest BCUT2D eigenvalue weighted by Gasteiger charge is 2.41. The lowest BCUT2D eigenvalue weighted by molar-refractivity contribution is -0.148. The third-order valence-electron chi connectivity index (χ3n) is 2.83. The minimum Gasteiger partial charge on any atom is -0.464 e. The van der Waals surface area contributed by atoms with Crippen molar-refractivity contribution in [2.24, 2.45) is 5.92 Å². The summed E-state index contributed by atoms with van der Waals surface area (Å²) in [6.45, 7) is 7.54. The highest BCUT2D eigenvalue weighted by molar-refractivity contribution is 5.82. The summed E-state index contributed by atoms with van der Waals surface area (Å²) in [6, 6.07) is -0.660. The zero-order chi connectivity index (χ0) is 14.6. The molecule has 2 unspecified atom stereocenters. The standard InChI is InChI=1S/C13H23NO5/c1-5-18-11(16)10-6-9(8-15)7-14(10)12(17)19-13(2,3)4/h9-10,15H,5-8H2,1-4H3. The number of ether oxygens (including phenoxy) is 2. The molecule has 1 heterocycles. The van der Waals surface area contributed by atoms with E-state index in [1.54, 1.807) is 27.7 Å². The number of aliphatic hydroxyl groups is 1. The van der Waals surface area contributed by atoms with E-state index in [9.17, 15) is 14.7 Å². The average Bonchev–Trinajstić information content (AvgIpc) is 2.71. The Kier molecular flexibility index (Phi) is 5.17. The molecule has 0 saturated carbocycles. The molecule has 0 aromatic rings. The van der Waals surface area contributed by atoms with Gasteiger partial charge in [-0.05, 0) is 34.1 Å². The first-order chi connectivity index (χ1) is 8.78. The number of nitrogens with zero attached hydrogens (tertiary/aromatic N) is 1. The zero-order valence-electron chi connectivity index (χ0n) is 12.0. The lowest BCUT2D eigenvalue weighted by atomic mass is 10.1. The van der Waals surface area contributed by atoms with Crippen LogP contribution in [0.1, 0.15) is 34.1 Å². The van der Waals surface area contributed by atoms with Crippen molar-refractivity contribution in [2.45, 2.75) is 45.8 Å². The van der Waals surface area contributed by atoms with Gasteiger partial charge in [0.05, 0.1) is 6.61 Å². The fraction of sp³-hybridized carbons (Fsp3) is 0.846. The maximum absolute atomic E-state index is 12.1. The van der Waals surface area contributed by atoms with Gasteiger partial charge in [0.1, 0.15) is 11.6 Å². The van der Waals surface area contributed by atoms with E-state index in [4.69, 9.17) is 9.47 Å². The Morgan fingerprint density at radius 2 is 2.00 bits per heavy atom. The summed E-state index contributed by atoms with van der Waals surface area (Å²) in [5, 5.41) is 9.20. The number of likely N-dealkylation sites (tertiary alicyclic amines) is 1. The number of aliphatic hydroxyl groups excluding tert-OH is 1. The lowest BCUT2D eigenvalue weighted by Crippen LogP contribution is -2.44. The van der Waals surface area contributed by atoms with Crippen molar-refractivity contribution in [1.82, 2.24) is 4.90 Å². The number of carbonyl (C=O) groups is 2. The van der Waals surface area contributed by atoms with E-state index in [0.29, 0.717) is 13.0 Å². The Morgan fingerprint density at radius 3 is 2.47 bits per heavy atom. The second-order valence-corrected chi connectivity index (χ2v) is 5.68. The van der Waals surface area contributed by atoms with Gasteiger partial charge < -0.3 is 14.6 Å². The number of carbonyl (C=O) groups excluding carboxylic acids is 2. The first-order valence-corrected chi connectivity index (χ1v) is 6.55. The predicted molar refractivity (Wildman–Crippen MR) is 68.6 cm³/mol. The van der Waals surface area contributed by atoms with Crippen molar-refractivity contribution in [3.63, 3.8) is 0 Å². The summed E-state index contributed by atoms with van der Waals surface area (Å²) in [5.41, 5.74) is -0.617. The summed E-state index contributed by atoms with van der Waals surface area (Å²) in [5.74, 6) is -0.550. The summed E-state index contributed by atoms with van der Waals surface area (Å²) in [6.07, 6.45) is -0.129. The van der Waals surface area contributed by atoms with E-state index in [1.165, 1.54) is 4.90 Å². The number of rotatable bonds is 3. The summed E-state index contributed by atoms with van der Waals surface area (Å²) >= 11 is 0. The highest BCUT2D eigenvalue weighted by atomic mass is 16.6. The Bertz CT molecular complexity index is 336. The van der Waals surface area contributed by atoms with E-state index < -0.39 is 23.7 Å². The van der Waals surface area contributed by atoms with Crippen LogP contribution < -0.4 is 0 Å². The van der Waals surface area contributed by atoms with Gasteiger partial charge in [0.2, 0.25) is 0 Å². The van der Waals surface area contributed by atoms with Gasteiger partial charge in [0.25, 0.3) is 0 Å². The predicted octanol–water partition coefficient (Wildman–Crippen LogP) is 1.17. The first-order valence-electron chi connectivity index (χ1n) is 6.55. The normalized spacial score (nSPS) is 23.3. The second kappa shape index (κ2) is 6.23. The molecule has 0 aromatic heterocycles. The van der Waals surface area contributed by atoms with Crippen LogP contribution in [0.25, 0.3) is 0 Å². The van der Waals surface area contributed by atoms with Gasteiger partial charge in [-0.25, -0.2) is 9.59 Å². The van der Waals surface area contributed by atoms with Gasteiger partial charge in [-0.15, -0.1) is 0 Å². The van der Waals surface area contributed by atoms with Crippen molar-refractivity contribution in [3.05, 3.63) is 0 Å². The maximum atomic E-state index is 12.1. The Hall–Kier alpha value is -1.30. The minimum atomic E-state index is -0.660. The van der Waals surface area contributed by atoms with Gasteiger partial charge in [0, 0.05) is 19.1 Å². The Labute approximate surface area is 113 Å². The maximum Gasteiger partial charge on any atom is 0.411 e. The van der Waals surface area contributed by atoms with Gasteiger partial charge in [-0.1, -0.05) is 0 Å². The summed E-state index contributed by atoms with van der Waals surface area (Å²) in [7, 11) is 0. The van der Waals surface area contributed by atoms with Crippen LogP contribution >= 0.6 is 0 Å². The molecule has 1 fully saturated rings. The molecule has 1 aliphatic heterocycles. The van der Waals surface area contributed by atoms with Crippen LogP contribution in [0.2, 0.25) is 0 Å². The molecule has 0 aromatic carbocycles. The Balaban J connectivity index is 2.76. The van der Waals surface area contributed by atoms with E-state index in [1.807, 2.05) is 0 Å². The summed E-state index contributed by atoms with van der Waals surface area (Å²) < 4.78 is 10.2. The molecule has 6 heteroatoms. The SMILES string of the molecule is CCOC(=O)C1CC(CO)CN1C(=O)OC(C)(C)C. The minimum absolute atomic E-state index is 0.0603. The van der Waals surface area contributed by atoms with Gasteiger partial charge in [-0.3, -0.25) is 4.90 Å². The van der Waals surface area contributed by atoms with E-state index in [0.717, 1.165) is 0 Å². The zero-order valence-corrected chi connectivity index (χ0v) is 12.0. The molecular weight excluding hydrogens is 250 g/mol. The molecule has 1 aliphatic rings. The molecule has 0 aliphatic carbocycles. The van der Waals surface area contributed by atoms with Gasteiger partial charge in [-0.2, -0.15) is 0 Å². The molecule has 1 N–H and O–H groups in total. The van der Waals surface area contributed by atoms with E-state index >= 15 is 0 Å². The van der Waals surface area contributed by atoms with Gasteiger partial charge >= 0.3 is 12.1 Å². The van der Waals surface area contributed by atoms with Crippen molar-refractivity contribution in [1.29, 1.82) is 0 Å². The molecule has 19 heavy (non-hydrogen) atoms. The van der Waals surface area contributed by atoms with E-state index in [2.05, 4.69) is 0 Å². The molecule has 6 nitrogen and oxygen atoms in total. The number of amides is 1. The number of hydrogen-bond donors (Lipinski definition) is 1. The van der Waals surface area contributed by atoms with Crippen molar-refractivity contribution < 1.29 is 24.2 Å². The molecule has 0 bridgehead atoms. The van der Waals surface area contributed by atoms with Crippen molar-refractivity contribution in [2.75, 3.05) is 19.8 Å². The lowest BCUT2D eigenvalue weighted by Gasteiger charge is -2.27. The van der Waals surface area contributed by atoms with Crippen LogP contribution in [0.4, 0.5) is 4.79 Å². The second-order valence-electron chi connectivity index (χ2n) is 5.68. The van der Waals surface area contributed by atoms with Crippen LogP contribution in [-0.2, 0) is 14.3 Å². The first kappa shape index (κ1) is 15.8. The third kappa shape index (κ3) is 4.38. The smallest absolute Gasteiger partial charge is 0.411 e.